The van der Waals surface area contributed by atoms with Crippen LogP contribution in [-0.4, -0.2) is 39.7 Å². The van der Waals surface area contributed by atoms with E-state index in [0.717, 1.165) is 11.8 Å². The molecule has 0 fully saturated rings. The molecule has 0 aromatic heterocycles. The molecule has 0 aliphatic heterocycles. The first kappa shape index (κ1) is 8.35. The van der Waals surface area contributed by atoms with Gasteiger partial charge >= 0.3 is 11.9 Å². The van der Waals surface area contributed by atoms with E-state index in [1.165, 1.54) is 0 Å². The Morgan fingerprint density at radius 1 is 1.73 bits per heavy atom. The number of thioether (sulfide) groups is 1. The fourth-order valence-corrected chi connectivity index (χ4v) is 1.02. The maximum Gasteiger partial charge on any atom is 0.321 e. The number of carboxylic acids is 2. The van der Waals surface area contributed by atoms with E-state index in [-0.39, 0.29) is 11.5 Å². The monoisotopic (exact) mass is 180 g/mol. The molecule has 0 aliphatic carbocycles. The Labute approximate surface area is 69.1 Å². The first-order chi connectivity index (χ1) is 5.57. The normalized spacial score (nSPS) is 13.4. The second-order valence-corrected chi connectivity index (χ2v) is 2.86. The number of rotatable bonds is 5. The van der Waals surface area contributed by atoms with Crippen LogP contribution in [0.4, 0.5) is 0 Å². The zero-order chi connectivity index (χ0) is 9.56. The lowest BCUT2D eigenvalue weighted by Gasteiger charge is -2.02. The van der Waals surface area contributed by atoms with Crippen LogP contribution in [0.25, 0.3) is 1.43 Å². The van der Waals surface area contributed by atoms with Crippen LogP contribution >= 0.6 is 11.8 Å². The van der Waals surface area contributed by atoms with Gasteiger partial charge in [-0.25, -0.2) is 0 Å². The molecule has 4 N–H and O–H groups in total. The molecule has 5 nitrogen and oxygen atoms in total. The van der Waals surface area contributed by atoms with Crippen molar-refractivity contribution in [2.24, 2.45) is 5.73 Å². The minimum Gasteiger partial charge on any atom is -0.481 e. The van der Waals surface area contributed by atoms with Crippen molar-refractivity contribution in [3.05, 3.63) is 0 Å². The minimum absolute atomic E-state index is 0.112. The number of carboxylic acid groups (broad SMARTS) is 2. The van der Waals surface area contributed by atoms with Gasteiger partial charge < -0.3 is 15.9 Å². The Hall–Kier alpha value is -0.750. The molecular weight excluding hydrogens is 170 g/mol. The largest absolute Gasteiger partial charge is 0.481 e. The van der Waals surface area contributed by atoms with Crippen LogP contribution in [0.1, 0.15) is 0 Å². The lowest BCUT2D eigenvalue weighted by Crippen LogP contribution is -2.32. The molecule has 11 heavy (non-hydrogen) atoms. The van der Waals surface area contributed by atoms with Crippen LogP contribution < -0.4 is 5.73 Å². The molecule has 0 aromatic rings. The lowest BCUT2D eigenvalue weighted by atomic mass is 10.4. The van der Waals surface area contributed by atoms with E-state index in [1.54, 1.807) is 0 Å². The molecule has 0 bridgehead atoms. The third kappa shape index (κ3) is 5.68. The highest BCUT2D eigenvalue weighted by Crippen LogP contribution is 2.00. The zero-order valence-electron chi connectivity index (χ0n) is 6.65. The van der Waals surface area contributed by atoms with Crippen molar-refractivity contribution >= 4 is 23.7 Å². The van der Waals surface area contributed by atoms with E-state index in [2.05, 4.69) is 5.11 Å². The van der Waals surface area contributed by atoms with E-state index in [4.69, 9.17) is 12.3 Å². The van der Waals surface area contributed by atoms with Gasteiger partial charge in [0.25, 0.3) is 1.43 Å². The summed E-state index contributed by atoms with van der Waals surface area (Å²) in [5, 5.41) is 11.8. The number of carbonyl (C=O) groups is 2. The van der Waals surface area contributed by atoms with Crippen LogP contribution in [0, 0.1) is 0 Å². The van der Waals surface area contributed by atoms with E-state index in [9.17, 15) is 9.59 Å². The highest BCUT2D eigenvalue weighted by Gasteiger charge is 2.11. The molecule has 0 rings (SSSR count). The molecule has 0 spiro atoms. The summed E-state index contributed by atoms with van der Waals surface area (Å²) >= 11 is 1.00. The van der Waals surface area contributed by atoms with Gasteiger partial charge in [-0.3, -0.25) is 9.59 Å². The summed E-state index contributed by atoms with van der Waals surface area (Å²) in [6.45, 7) is 0. The summed E-state index contributed by atoms with van der Waals surface area (Å²) in [5.41, 5.74) is 5.21. The van der Waals surface area contributed by atoms with Crippen LogP contribution in [0.2, 0.25) is 0 Å². The predicted octanol–water partition coefficient (Wildman–Crippen LogP) is -0.784. The molecule has 0 saturated carbocycles. The second-order valence-electron chi connectivity index (χ2n) is 1.83. The van der Waals surface area contributed by atoms with E-state index in [0.29, 0.717) is 0 Å². The number of nitrogens with two attached hydrogens (primary N) is 1. The fourth-order valence-electron chi connectivity index (χ4n) is 0.341. The van der Waals surface area contributed by atoms with Crippen molar-refractivity contribution in [2.45, 2.75) is 6.04 Å². The van der Waals surface area contributed by atoms with Crippen molar-refractivity contribution in [1.82, 2.24) is 0 Å². The Kier molecular flexibility index (Phi) is 3.77. The van der Waals surface area contributed by atoms with Crippen molar-refractivity contribution in [3.63, 3.8) is 0 Å². The molecular formula is C5H9NO4S. The average Bonchev–Trinajstić information content (AvgIpc) is 2.02. The second kappa shape index (κ2) is 4.97. The number of aliphatic carboxylic acids is 2. The summed E-state index contributed by atoms with van der Waals surface area (Å²) < 4.78 is 6.20. The van der Waals surface area contributed by atoms with Gasteiger partial charge in [0.2, 0.25) is 0 Å². The fraction of sp³-hybridized carbons (Fsp3) is 0.600. The lowest BCUT2D eigenvalue weighted by molar-refractivity contribution is -0.138. The Balaban J connectivity index is 3.50. The Morgan fingerprint density at radius 3 is 2.82 bits per heavy atom. The topological polar surface area (TPSA) is 101 Å². The van der Waals surface area contributed by atoms with E-state index < -0.39 is 18.0 Å². The first-order valence-corrected chi connectivity index (χ1v) is 3.95. The summed E-state index contributed by atoms with van der Waals surface area (Å²) in [7, 11) is 0. The molecule has 0 amide bonds. The van der Waals surface area contributed by atoms with E-state index >= 15 is 0 Å². The van der Waals surface area contributed by atoms with Crippen LogP contribution in [0.3, 0.4) is 0 Å². The maximum absolute atomic E-state index is 10.5. The Bertz CT molecular complexity index is 177. The molecule has 0 heterocycles. The molecule has 0 saturated heterocycles. The highest BCUT2D eigenvalue weighted by molar-refractivity contribution is 8.00. The van der Waals surface area contributed by atoms with Crippen molar-refractivity contribution < 1.29 is 19.8 Å². The van der Waals surface area contributed by atoms with Gasteiger partial charge in [0.1, 0.15) is 6.04 Å². The maximum atomic E-state index is 10.5. The van der Waals surface area contributed by atoms with Crippen LogP contribution in [0.5, 0.6) is 0 Å². The molecule has 1 atom stereocenters. The highest BCUT2D eigenvalue weighted by atomic mass is 32.2. The van der Waals surface area contributed by atoms with Gasteiger partial charge in [0.15, 0.2) is 0 Å². The number of hydrogen-bond donors (Lipinski definition) is 3. The third-order valence-electron chi connectivity index (χ3n) is 0.826. The van der Waals surface area contributed by atoms with Crippen LogP contribution in [-0.2, 0) is 9.59 Å². The molecule has 0 radical (unpaired) electrons. The van der Waals surface area contributed by atoms with Gasteiger partial charge in [-0.2, -0.15) is 0 Å². The molecule has 0 unspecified atom stereocenters. The van der Waals surface area contributed by atoms with E-state index in [1.807, 2.05) is 0 Å². The zero-order valence-corrected chi connectivity index (χ0v) is 6.47. The van der Waals surface area contributed by atoms with Gasteiger partial charge in [-0.05, 0) is 0 Å². The third-order valence-corrected chi connectivity index (χ3v) is 1.87. The van der Waals surface area contributed by atoms with Gasteiger partial charge in [-0.1, -0.05) is 0 Å². The van der Waals surface area contributed by atoms with Crippen LogP contribution in [0.15, 0.2) is 0 Å². The van der Waals surface area contributed by atoms with Gasteiger partial charge in [0, 0.05) is 5.75 Å². The summed E-state index contributed by atoms with van der Waals surface area (Å²) in [4.78, 5) is 20.5. The smallest absolute Gasteiger partial charge is 0.321 e. The molecule has 0 aromatic carbocycles. The number of hydrogen-bond acceptors (Lipinski definition) is 5. The summed E-state index contributed by atoms with van der Waals surface area (Å²) in [6, 6.07) is -0.924. The average molecular weight is 180 g/mol. The van der Waals surface area contributed by atoms with Crippen molar-refractivity contribution in [2.75, 3.05) is 11.5 Å². The summed E-state index contributed by atoms with van der Waals surface area (Å²) in [5.74, 6) is -1.79. The van der Waals surface area contributed by atoms with Crippen molar-refractivity contribution in [3.8, 4) is 0 Å². The molecule has 0 aliphatic rings. The van der Waals surface area contributed by atoms with Gasteiger partial charge in [0.05, 0.1) is 5.75 Å². The SMILES string of the molecule is [2H]OC(=O)[C@@H](N)CSCC(=O)O. The summed E-state index contributed by atoms with van der Waals surface area (Å²) in [6.07, 6.45) is 0. The Morgan fingerprint density at radius 2 is 2.36 bits per heavy atom. The predicted molar refractivity (Wildman–Crippen MR) is 40.6 cm³/mol. The van der Waals surface area contributed by atoms with Gasteiger partial charge in [-0.15, -0.1) is 11.8 Å². The molecule has 6 heteroatoms. The molecule has 64 valence electrons. The standard InChI is InChI=1S/C5H9NO4S/c6-3(5(9)10)1-11-2-4(7)8/h3H,1-2,6H2,(H,7,8)(H,9,10)/t3-/m0/s1/i/hD. The minimum atomic E-state index is -0.966. The van der Waals surface area contributed by atoms with Crippen molar-refractivity contribution in [1.29, 1.82) is 1.43 Å². The quantitative estimate of drug-likeness (QED) is 0.513. The first-order valence-electron chi connectivity index (χ1n) is 3.21.